The van der Waals surface area contributed by atoms with Crippen molar-refractivity contribution in [1.29, 1.82) is 0 Å². The molecule has 1 aliphatic rings. The molecule has 0 radical (unpaired) electrons. The van der Waals surface area contributed by atoms with E-state index in [4.69, 9.17) is 15.4 Å². The van der Waals surface area contributed by atoms with Crippen molar-refractivity contribution < 1.29 is 17.5 Å². The molecule has 2 rings (SSSR count). The minimum atomic E-state index is -3.93. The highest BCUT2D eigenvalue weighted by Crippen LogP contribution is 2.28. The highest BCUT2D eigenvalue weighted by molar-refractivity contribution is 8.13. The number of rotatable bonds is 4. The van der Waals surface area contributed by atoms with Gasteiger partial charge in [-0.3, -0.25) is 0 Å². The third kappa shape index (κ3) is 3.33. The zero-order chi connectivity index (χ0) is 12.5. The van der Waals surface area contributed by atoms with E-state index in [1.807, 2.05) is 0 Å². The summed E-state index contributed by atoms with van der Waals surface area (Å²) in [6.45, 7) is 0.491. The molecule has 0 aromatic heterocycles. The van der Waals surface area contributed by atoms with Gasteiger partial charge in [0.2, 0.25) is 0 Å². The van der Waals surface area contributed by atoms with E-state index in [0.717, 1.165) is 25.0 Å². The van der Waals surface area contributed by atoms with Crippen molar-refractivity contribution in [3.05, 3.63) is 24.0 Å². The zero-order valence-electron chi connectivity index (χ0n) is 9.03. The molecule has 0 unspecified atom stereocenters. The molecule has 1 aromatic carbocycles. The Labute approximate surface area is 104 Å². The molecule has 1 saturated carbocycles. The second-order valence-electron chi connectivity index (χ2n) is 4.17. The second kappa shape index (κ2) is 4.82. The van der Waals surface area contributed by atoms with E-state index in [1.165, 1.54) is 12.5 Å². The Balaban J connectivity index is 2.13. The van der Waals surface area contributed by atoms with Gasteiger partial charge in [-0.1, -0.05) is 6.42 Å². The smallest absolute Gasteiger partial charge is 0.261 e. The molecule has 0 atom stereocenters. The summed E-state index contributed by atoms with van der Waals surface area (Å²) in [4.78, 5) is -0.275. The summed E-state index contributed by atoms with van der Waals surface area (Å²) in [6.07, 6.45) is 3.41. The Morgan fingerprint density at radius 1 is 1.35 bits per heavy atom. The maximum Gasteiger partial charge on any atom is 0.261 e. The van der Waals surface area contributed by atoms with Crippen LogP contribution in [-0.4, -0.2) is 15.0 Å². The molecule has 0 heterocycles. The molecule has 1 aliphatic carbocycles. The van der Waals surface area contributed by atoms with Gasteiger partial charge in [0.25, 0.3) is 9.05 Å². The van der Waals surface area contributed by atoms with Gasteiger partial charge in [0.15, 0.2) is 0 Å². The fourth-order valence-corrected chi connectivity index (χ4v) is 2.41. The summed E-state index contributed by atoms with van der Waals surface area (Å²) in [7, 11) is 1.23. The number of ether oxygens (including phenoxy) is 1. The Morgan fingerprint density at radius 2 is 2.06 bits per heavy atom. The van der Waals surface area contributed by atoms with Crippen LogP contribution < -0.4 is 4.74 Å². The predicted molar refractivity (Wildman–Crippen MR) is 62.3 cm³/mol. The minimum Gasteiger partial charge on any atom is -0.493 e. The van der Waals surface area contributed by atoms with Crippen molar-refractivity contribution in [2.24, 2.45) is 5.92 Å². The number of hydrogen-bond donors (Lipinski definition) is 0. The van der Waals surface area contributed by atoms with E-state index in [2.05, 4.69) is 0 Å². The van der Waals surface area contributed by atoms with Gasteiger partial charge in [-0.05, 0) is 24.8 Å². The first-order chi connectivity index (χ1) is 7.95. The minimum absolute atomic E-state index is 0.205. The van der Waals surface area contributed by atoms with Crippen molar-refractivity contribution in [3.8, 4) is 5.75 Å². The molecular formula is C11H12ClFO3S. The van der Waals surface area contributed by atoms with E-state index < -0.39 is 14.9 Å². The third-order valence-electron chi connectivity index (χ3n) is 2.84. The lowest BCUT2D eigenvalue weighted by Crippen LogP contribution is -2.19. The quantitative estimate of drug-likeness (QED) is 0.796. The summed E-state index contributed by atoms with van der Waals surface area (Å²) < 4.78 is 40.7. The largest absolute Gasteiger partial charge is 0.493 e. The lowest BCUT2D eigenvalue weighted by molar-refractivity contribution is 0.180. The van der Waals surface area contributed by atoms with Crippen molar-refractivity contribution in [2.45, 2.75) is 24.2 Å². The van der Waals surface area contributed by atoms with Gasteiger partial charge in [0.05, 0.1) is 11.5 Å². The molecule has 94 valence electrons. The highest BCUT2D eigenvalue weighted by Gasteiger charge is 2.19. The fourth-order valence-electron chi connectivity index (χ4n) is 1.63. The van der Waals surface area contributed by atoms with Crippen LogP contribution in [0.2, 0.25) is 0 Å². The lowest BCUT2D eigenvalue weighted by atomic mass is 9.86. The summed E-state index contributed by atoms with van der Waals surface area (Å²) in [5.74, 6) is 0.0285. The third-order valence-corrected chi connectivity index (χ3v) is 4.17. The van der Waals surface area contributed by atoms with Crippen LogP contribution in [0.15, 0.2) is 23.1 Å². The van der Waals surface area contributed by atoms with Crippen LogP contribution in [0.1, 0.15) is 19.3 Å². The van der Waals surface area contributed by atoms with Gasteiger partial charge in [0.1, 0.15) is 11.6 Å². The van der Waals surface area contributed by atoms with Crippen LogP contribution in [0, 0.1) is 11.7 Å². The van der Waals surface area contributed by atoms with Crippen LogP contribution in [0.25, 0.3) is 0 Å². The van der Waals surface area contributed by atoms with Gasteiger partial charge < -0.3 is 4.74 Å². The second-order valence-corrected chi connectivity index (χ2v) is 6.73. The maximum atomic E-state index is 13.2. The van der Waals surface area contributed by atoms with Crippen LogP contribution in [0.4, 0.5) is 4.39 Å². The first kappa shape index (κ1) is 12.6. The van der Waals surface area contributed by atoms with E-state index >= 15 is 0 Å². The Hall–Kier alpha value is -0.810. The Bertz CT molecular complexity index is 511. The maximum absolute atomic E-state index is 13.2. The molecule has 17 heavy (non-hydrogen) atoms. The van der Waals surface area contributed by atoms with Crippen LogP contribution in [0.5, 0.6) is 5.75 Å². The molecule has 3 nitrogen and oxygen atoms in total. The average Bonchev–Trinajstić information content (AvgIpc) is 2.13. The average molecular weight is 279 g/mol. The molecule has 0 bridgehead atoms. The van der Waals surface area contributed by atoms with Crippen molar-refractivity contribution in [1.82, 2.24) is 0 Å². The van der Waals surface area contributed by atoms with E-state index in [-0.39, 0.29) is 10.6 Å². The molecular weight excluding hydrogens is 267 g/mol. The van der Waals surface area contributed by atoms with Crippen molar-refractivity contribution in [3.63, 3.8) is 0 Å². The Morgan fingerprint density at radius 3 is 2.59 bits per heavy atom. The fraction of sp³-hybridized carbons (Fsp3) is 0.455. The summed E-state index contributed by atoms with van der Waals surface area (Å²) >= 11 is 0. The van der Waals surface area contributed by atoms with Crippen LogP contribution >= 0.6 is 10.7 Å². The summed E-state index contributed by atoms with van der Waals surface area (Å²) in [6, 6.07) is 3.27. The van der Waals surface area contributed by atoms with Gasteiger partial charge >= 0.3 is 0 Å². The molecule has 0 amide bonds. The normalized spacial score (nSPS) is 16.6. The summed E-state index contributed by atoms with van der Waals surface area (Å²) in [5.41, 5.74) is 0. The number of benzene rings is 1. The lowest BCUT2D eigenvalue weighted by Gasteiger charge is -2.25. The first-order valence-electron chi connectivity index (χ1n) is 5.33. The SMILES string of the molecule is O=S(=O)(Cl)c1cc(F)cc(OCC2CCC2)c1. The van der Waals surface area contributed by atoms with E-state index in [9.17, 15) is 12.8 Å². The molecule has 1 aromatic rings. The van der Waals surface area contributed by atoms with E-state index in [1.54, 1.807) is 0 Å². The Kier molecular flexibility index (Phi) is 3.58. The van der Waals surface area contributed by atoms with Gasteiger partial charge in [-0.2, -0.15) is 0 Å². The first-order valence-corrected chi connectivity index (χ1v) is 7.64. The van der Waals surface area contributed by atoms with Crippen molar-refractivity contribution >= 4 is 19.7 Å². The van der Waals surface area contributed by atoms with Crippen LogP contribution in [0.3, 0.4) is 0 Å². The molecule has 1 fully saturated rings. The molecule has 0 saturated heterocycles. The molecule has 0 aliphatic heterocycles. The van der Waals surface area contributed by atoms with Gasteiger partial charge in [-0.25, -0.2) is 12.8 Å². The monoisotopic (exact) mass is 278 g/mol. The van der Waals surface area contributed by atoms with Gasteiger partial charge in [-0.15, -0.1) is 0 Å². The topological polar surface area (TPSA) is 43.4 Å². The van der Waals surface area contributed by atoms with E-state index in [0.29, 0.717) is 12.5 Å². The summed E-state index contributed by atoms with van der Waals surface area (Å²) in [5, 5.41) is 0. The van der Waals surface area contributed by atoms with Crippen molar-refractivity contribution in [2.75, 3.05) is 6.61 Å². The predicted octanol–water partition coefficient (Wildman–Crippen LogP) is 2.93. The number of halogens is 2. The van der Waals surface area contributed by atoms with Gasteiger partial charge in [0, 0.05) is 22.8 Å². The molecule has 6 heteroatoms. The van der Waals surface area contributed by atoms with Crippen LogP contribution in [-0.2, 0) is 9.05 Å². The number of hydrogen-bond acceptors (Lipinski definition) is 3. The standard InChI is InChI=1S/C11H12ClFO3S/c12-17(14,15)11-5-9(13)4-10(6-11)16-7-8-2-1-3-8/h4-6,8H,1-3,7H2. The molecule has 0 N–H and O–H groups in total. The molecule has 0 spiro atoms. The highest BCUT2D eigenvalue weighted by atomic mass is 35.7. The zero-order valence-corrected chi connectivity index (χ0v) is 10.6.